The molecule has 0 unspecified atom stereocenters. The number of ether oxygens (including phenoxy) is 1. The lowest BCUT2D eigenvalue weighted by atomic mass is 10.1. The number of nitrogens with one attached hydrogen (secondary N) is 1. The molecule has 3 rings (SSSR count). The Morgan fingerprint density at radius 3 is 2.43 bits per heavy atom. The highest BCUT2D eigenvalue weighted by Crippen LogP contribution is 2.21. The predicted molar refractivity (Wildman–Crippen MR) is 91.4 cm³/mol. The Morgan fingerprint density at radius 1 is 1.13 bits per heavy atom. The van der Waals surface area contributed by atoms with Crippen molar-refractivity contribution >= 4 is 11.6 Å². The standard InChI is InChI=1S/C19H22N2O2/c1-23-18(15-8-4-2-5-9-15)19(22)20-16-12-13-21(14-16)17-10-6-3-7-11-17/h2-11,16,18H,12-14H2,1H3,(H,20,22)/t16-,18-/m1/s1. The molecular formula is C19H22N2O2. The van der Waals surface area contributed by atoms with Crippen LogP contribution in [0, 0.1) is 0 Å². The quantitative estimate of drug-likeness (QED) is 0.923. The van der Waals surface area contributed by atoms with Crippen molar-refractivity contribution in [1.29, 1.82) is 0 Å². The van der Waals surface area contributed by atoms with E-state index in [4.69, 9.17) is 4.74 Å². The highest BCUT2D eigenvalue weighted by Gasteiger charge is 2.27. The van der Waals surface area contributed by atoms with Crippen molar-refractivity contribution in [1.82, 2.24) is 5.32 Å². The molecule has 120 valence electrons. The highest BCUT2D eigenvalue weighted by molar-refractivity contribution is 5.82. The van der Waals surface area contributed by atoms with Crippen LogP contribution >= 0.6 is 0 Å². The molecule has 1 saturated heterocycles. The van der Waals surface area contributed by atoms with E-state index in [1.165, 1.54) is 5.69 Å². The molecule has 2 atom stereocenters. The molecule has 1 aliphatic heterocycles. The molecule has 0 saturated carbocycles. The maximum Gasteiger partial charge on any atom is 0.254 e. The average molecular weight is 310 g/mol. The number of para-hydroxylation sites is 1. The Morgan fingerprint density at radius 2 is 1.78 bits per heavy atom. The Balaban J connectivity index is 1.60. The third-order valence-corrected chi connectivity index (χ3v) is 4.23. The topological polar surface area (TPSA) is 41.6 Å². The van der Waals surface area contributed by atoms with Gasteiger partial charge < -0.3 is 15.0 Å². The van der Waals surface area contributed by atoms with E-state index >= 15 is 0 Å². The van der Waals surface area contributed by atoms with Gasteiger partial charge in [-0.3, -0.25) is 4.79 Å². The fourth-order valence-electron chi connectivity index (χ4n) is 3.05. The van der Waals surface area contributed by atoms with Gasteiger partial charge >= 0.3 is 0 Å². The lowest BCUT2D eigenvalue weighted by Gasteiger charge is -2.21. The van der Waals surface area contributed by atoms with Crippen LogP contribution < -0.4 is 10.2 Å². The van der Waals surface area contributed by atoms with Crippen LogP contribution in [-0.2, 0) is 9.53 Å². The first-order valence-electron chi connectivity index (χ1n) is 7.96. The van der Waals surface area contributed by atoms with Gasteiger partial charge in [-0.1, -0.05) is 48.5 Å². The molecule has 2 aromatic rings. The first kappa shape index (κ1) is 15.6. The van der Waals surface area contributed by atoms with Gasteiger partial charge in [0.15, 0.2) is 6.10 Å². The number of hydrogen-bond donors (Lipinski definition) is 1. The minimum Gasteiger partial charge on any atom is -0.369 e. The van der Waals surface area contributed by atoms with Gasteiger partial charge in [-0.2, -0.15) is 0 Å². The van der Waals surface area contributed by atoms with E-state index < -0.39 is 6.10 Å². The summed E-state index contributed by atoms with van der Waals surface area (Å²) in [6.45, 7) is 1.79. The minimum atomic E-state index is -0.554. The van der Waals surface area contributed by atoms with Crippen LogP contribution in [0.5, 0.6) is 0 Å². The summed E-state index contributed by atoms with van der Waals surface area (Å²) in [6.07, 6.45) is 0.397. The molecule has 2 aromatic carbocycles. The molecule has 23 heavy (non-hydrogen) atoms. The van der Waals surface area contributed by atoms with Gasteiger partial charge in [0.25, 0.3) is 5.91 Å². The molecule has 0 spiro atoms. The van der Waals surface area contributed by atoms with E-state index in [0.717, 1.165) is 25.1 Å². The van der Waals surface area contributed by atoms with Crippen LogP contribution in [0.25, 0.3) is 0 Å². The van der Waals surface area contributed by atoms with Gasteiger partial charge in [-0.05, 0) is 24.1 Å². The second kappa shape index (κ2) is 7.29. The average Bonchev–Trinajstić information content (AvgIpc) is 3.06. The summed E-state index contributed by atoms with van der Waals surface area (Å²) < 4.78 is 5.39. The van der Waals surface area contributed by atoms with E-state index in [2.05, 4.69) is 22.3 Å². The molecular weight excluding hydrogens is 288 g/mol. The first-order chi connectivity index (χ1) is 11.3. The summed E-state index contributed by atoms with van der Waals surface area (Å²) in [5, 5.41) is 3.12. The van der Waals surface area contributed by atoms with E-state index in [9.17, 15) is 4.79 Å². The van der Waals surface area contributed by atoms with Crippen LogP contribution in [-0.4, -0.2) is 32.1 Å². The van der Waals surface area contributed by atoms with Crippen molar-refractivity contribution in [2.45, 2.75) is 18.6 Å². The Kier molecular flexibility index (Phi) is 4.93. The molecule has 1 amide bonds. The number of nitrogens with zero attached hydrogens (tertiary/aromatic N) is 1. The molecule has 1 fully saturated rings. The Labute approximate surface area is 137 Å². The first-order valence-corrected chi connectivity index (χ1v) is 7.96. The number of methoxy groups -OCH3 is 1. The van der Waals surface area contributed by atoms with Gasteiger partial charge in [0, 0.05) is 31.9 Å². The second-order valence-corrected chi connectivity index (χ2v) is 5.80. The normalized spacial score (nSPS) is 18.7. The molecule has 0 aromatic heterocycles. The second-order valence-electron chi connectivity index (χ2n) is 5.80. The van der Waals surface area contributed by atoms with E-state index in [1.54, 1.807) is 7.11 Å². The Bertz CT molecular complexity index is 630. The zero-order valence-corrected chi connectivity index (χ0v) is 13.3. The van der Waals surface area contributed by atoms with Gasteiger partial charge in [-0.15, -0.1) is 0 Å². The summed E-state index contributed by atoms with van der Waals surface area (Å²) in [4.78, 5) is 14.8. The fourth-order valence-corrected chi connectivity index (χ4v) is 3.05. The molecule has 1 aliphatic rings. The van der Waals surface area contributed by atoms with Crippen LogP contribution in [0.15, 0.2) is 60.7 Å². The van der Waals surface area contributed by atoms with Gasteiger partial charge in [0.1, 0.15) is 0 Å². The van der Waals surface area contributed by atoms with Crippen molar-refractivity contribution in [3.63, 3.8) is 0 Å². The van der Waals surface area contributed by atoms with Crippen molar-refractivity contribution in [3.05, 3.63) is 66.2 Å². The van der Waals surface area contributed by atoms with Crippen LogP contribution in [0.3, 0.4) is 0 Å². The SMILES string of the molecule is CO[C@@H](C(=O)N[C@@H]1CCN(c2ccccc2)C1)c1ccccc1. The number of carbonyl (C=O) groups excluding carboxylic acids is 1. The summed E-state index contributed by atoms with van der Waals surface area (Å²) in [5.41, 5.74) is 2.08. The number of hydrogen-bond acceptors (Lipinski definition) is 3. The lowest BCUT2D eigenvalue weighted by Crippen LogP contribution is -2.40. The molecule has 1 N–H and O–H groups in total. The summed E-state index contributed by atoms with van der Waals surface area (Å²) in [7, 11) is 1.57. The van der Waals surface area contributed by atoms with Gasteiger partial charge in [-0.25, -0.2) is 0 Å². The number of amides is 1. The highest BCUT2D eigenvalue weighted by atomic mass is 16.5. The maximum atomic E-state index is 12.5. The van der Waals surface area contributed by atoms with Crippen molar-refractivity contribution in [2.24, 2.45) is 0 Å². The van der Waals surface area contributed by atoms with E-state index in [0.29, 0.717) is 0 Å². The van der Waals surface area contributed by atoms with Crippen molar-refractivity contribution in [2.75, 3.05) is 25.1 Å². The number of benzene rings is 2. The Hall–Kier alpha value is -2.33. The molecule has 4 heteroatoms. The lowest BCUT2D eigenvalue weighted by molar-refractivity contribution is -0.132. The smallest absolute Gasteiger partial charge is 0.254 e. The molecule has 0 bridgehead atoms. The third-order valence-electron chi connectivity index (χ3n) is 4.23. The number of rotatable bonds is 5. The summed E-state index contributed by atoms with van der Waals surface area (Å²) >= 11 is 0. The molecule has 4 nitrogen and oxygen atoms in total. The van der Waals surface area contributed by atoms with E-state index in [1.807, 2.05) is 48.5 Å². The largest absolute Gasteiger partial charge is 0.369 e. The monoisotopic (exact) mass is 310 g/mol. The molecule has 1 heterocycles. The fraction of sp³-hybridized carbons (Fsp3) is 0.316. The predicted octanol–water partition coefficient (Wildman–Crippen LogP) is 2.77. The maximum absolute atomic E-state index is 12.5. The van der Waals surface area contributed by atoms with E-state index in [-0.39, 0.29) is 11.9 Å². The molecule has 0 radical (unpaired) electrons. The number of anilines is 1. The molecule has 0 aliphatic carbocycles. The third kappa shape index (κ3) is 3.71. The van der Waals surface area contributed by atoms with Gasteiger partial charge in [0.05, 0.1) is 0 Å². The summed E-state index contributed by atoms with van der Waals surface area (Å²) in [6, 6.07) is 20.1. The zero-order valence-electron chi connectivity index (χ0n) is 13.3. The number of carbonyl (C=O) groups is 1. The minimum absolute atomic E-state index is 0.0707. The van der Waals surface area contributed by atoms with Crippen LogP contribution in [0.1, 0.15) is 18.1 Å². The van der Waals surface area contributed by atoms with Crippen LogP contribution in [0.4, 0.5) is 5.69 Å². The van der Waals surface area contributed by atoms with Crippen molar-refractivity contribution < 1.29 is 9.53 Å². The summed E-state index contributed by atoms with van der Waals surface area (Å²) in [5.74, 6) is -0.0707. The van der Waals surface area contributed by atoms with Crippen LogP contribution in [0.2, 0.25) is 0 Å². The zero-order chi connectivity index (χ0) is 16.1. The van der Waals surface area contributed by atoms with Gasteiger partial charge in [0.2, 0.25) is 0 Å². The van der Waals surface area contributed by atoms with Crippen molar-refractivity contribution in [3.8, 4) is 0 Å².